The van der Waals surface area contributed by atoms with Gasteiger partial charge in [0.1, 0.15) is 0 Å². The van der Waals surface area contributed by atoms with E-state index in [-0.39, 0.29) is 0 Å². The first kappa shape index (κ1) is 13.8. The van der Waals surface area contributed by atoms with Gasteiger partial charge in [0.25, 0.3) is 0 Å². The molecule has 2 aromatic heterocycles. The molecular weight excluding hydrogens is 328 g/mol. The van der Waals surface area contributed by atoms with E-state index in [0.29, 0.717) is 6.54 Å². The fourth-order valence-corrected chi connectivity index (χ4v) is 2.85. The van der Waals surface area contributed by atoms with E-state index in [2.05, 4.69) is 61.6 Å². The van der Waals surface area contributed by atoms with Crippen molar-refractivity contribution in [1.82, 2.24) is 15.2 Å². The molecule has 3 rings (SSSR count). The summed E-state index contributed by atoms with van der Waals surface area (Å²) < 4.78 is 1.07. The zero-order chi connectivity index (χ0) is 14.7. The van der Waals surface area contributed by atoms with E-state index in [1.807, 2.05) is 24.5 Å². The first-order chi connectivity index (χ1) is 10.2. The van der Waals surface area contributed by atoms with Gasteiger partial charge in [0.05, 0.1) is 11.9 Å². The van der Waals surface area contributed by atoms with Crippen molar-refractivity contribution in [3.05, 3.63) is 64.5 Å². The molecule has 2 heterocycles. The number of halogens is 1. The summed E-state index contributed by atoms with van der Waals surface area (Å²) in [7, 11) is 0. The van der Waals surface area contributed by atoms with Crippen molar-refractivity contribution in [2.75, 3.05) is 5.32 Å². The van der Waals surface area contributed by atoms with Crippen molar-refractivity contribution < 1.29 is 0 Å². The highest BCUT2D eigenvalue weighted by atomic mass is 79.9. The maximum atomic E-state index is 4.15. The van der Waals surface area contributed by atoms with E-state index in [0.717, 1.165) is 27.0 Å². The fraction of sp³-hybridized carbons (Fsp3) is 0.125. The summed E-state index contributed by atoms with van der Waals surface area (Å²) in [6.07, 6.45) is 5.45. The first-order valence-electron chi connectivity index (χ1n) is 6.66. The Bertz CT molecular complexity index is 717. The Labute approximate surface area is 131 Å². The predicted molar refractivity (Wildman–Crippen MR) is 88.0 cm³/mol. The van der Waals surface area contributed by atoms with E-state index >= 15 is 0 Å². The third-order valence-corrected chi connectivity index (χ3v) is 3.65. The van der Waals surface area contributed by atoms with Gasteiger partial charge in [-0.3, -0.25) is 10.1 Å². The summed E-state index contributed by atoms with van der Waals surface area (Å²) in [6.45, 7) is 2.78. The maximum Gasteiger partial charge on any atom is 0.0715 e. The van der Waals surface area contributed by atoms with Crippen molar-refractivity contribution in [2.24, 2.45) is 0 Å². The molecule has 0 amide bonds. The van der Waals surface area contributed by atoms with Crippen molar-refractivity contribution in [3.8, 4) is 11.3 Å². The van der Waals surface area contributed by atoms with E-state index < -0.39 is 0 Å². The van der Waals surface area contributed by atoms with Gasteiger partial charge >= 0.3 is 0 Å². The van der Waals surface area contributed by atoms with Gasteiger partial charge in [0, 0.05) is 40.2 Å². The number of aryl methyl sites for hydroxylation is 1. The molecule has 0 radical (unpaired) electrons. The molecule has 2 N–H and O–H groups in total. The first-order valence-corrected chi connectivity index (χ1v) is 7.45. The van der Waals surface area contributed by atoms with Crippen LogP contribution in [0, 0.1) is 6.92 Å². The number of aromatic nitrogens is 3. The monoisotopic (exact) mass is 342 g/mol. The van der Waals surface area contributed by atoms with Crippen LogP contribution in [0.5, 0.6) is 0 Å². The number of nitrogens with one attached hydrogen (secondary N) is 2. The molecule has 0 fully saturated rings. The van der Waals surface area contributed by atoms with Gasteiger partial charge in [0.15, 0.2) is 0 Å². The van der Waals surface area contributed by atoms with Crippen LogP contribution in [0.25, 0.3) is 11.3 Å². The number of H-pyrrole nitrogens is 1. The van der Waals surface area contributed by atoms with Crippen LogP contribution in [-0.2, 0) is 6.54 Å². The van der Waals surface area contributed by atoms with Gasteiger partial charge in [-0.1, -0.05) is 15.9 Å². The molecule has 5 heteroatoms. The summed E-state index contributed by atoms with van der Waals surface area (Å²) >= 11 is 3.52. The summed E-state index contributed by atoms with van der Waals surface area (Å²) in [4.78, 5) is 4.15. The van der Waals surface area contributed by atoms with Gasteiger partial charge < -0.3 is 5.32 Å². The van der Waals surface area contributed by atoms with Gasteiger partial charge in [0.2, 0.25) is 0 Å². The van der Waals surface area contributed by atoms with Crippen molar-refractivity contribution in [1.29, 1.82) is 0 Å². The topological polar surface area (TPSA) is 53.6 Å². The van der Waals surface area contributed by atoms with Crippen LogP contribution in [-0.4, -0.2) is 15.2 Å². The van der Waals surface area contributed by atoms with Gasteiger partial charge in [-0.05, 0) is 42.8 Å². The lowest BCUT2D eigenvalue weighted by Gasteiger charge is -2.08. The Morgan fingerprint density at radius 2 is 2.14 bits per heavy atom. The largest absolute Gasteiger partial charge is 0.381 e. The molecule has 21 heavy (non-hydrogen) atoms. The summed E-state index contributed by atoms with van der Waals surface area (Å²) in [6, 6.07) is 10.2. The molecular formula is C16H15BrN4. The lowest BCUT2D eigenvalue weighted by atomic mass is 10.1. The predicted octanol–water partition coefficient (Wildman–Crippen LogP) is 4.15. The molecule has 0 atom stereocenters. The maximum absolute atomic E-state index is 4.15. The molecule has 0 saturated carbocycles. The minimum atomic E-state index is 0.705. The molecule has 0 unspecified atom stereocenters. The highest BCUT2D eigenvalue weighted by molar-refractivity contribution is 9.10. The molecule has 1 aromatic carbocycles. The van der Waals surface area contributed by atoms with Gasteiger partial charge in [-0.2, -0.15) is 5.10 Å². The number of benzene rings is 1. The van der Waals surface area contributed by atoms with E-state index in [4.69, 9.17) is 0 Å². The minimum absolute atomic E-state index is 0.705. The Balaban J connectivity index is 1.79. The average Bonchev–Trinajstić information content (AvgIpc) is 2.93. The van der Waals surface area contributed by atoms with Crippen LogP contribution in [0.15, 0.2) is 53.4 Å². The van der Waals surface area contributed by atoms with E-state index in [1.165, 1.54) is 5.56 Å². The number of rotatable bonds is 4. The van der Waals surface area contributed by atoms with Crippen LogP contribution < -0.4 is 5.32 Å². The number of nitrogens with zero attached hydrogens (tertiary/aromatic N) is 2. The van der Waals surface area contributed by atoms with Crippen LogP contribution in [0.2, 0.25) is 0 Å². The SMILES string of the molecule is Cc1cc(Br)cc(NCc2cn[nH]c2-c2cccnc2)c1. The Morgan fingerprint density at radius 3 is 2.90 bits per heavy atom. The molecule has 0 aliphatic rings. The van der Waals surface area contributed by atoms with Gasteiger partial charge in [-0.15, -0.1) is 0 Å². The third kappa shape index (κ3) is 3.31. The highest BCUT2D eigenvalue weighted by Gasteiger charge is 2.07. The van der Waals surface area contributed by atoms with Crippen LogP contribution in [0.1, 0.15) is 11.1 Å². The Kier molecular flexibility index (Phi) is 4.01. The molecule has 0 aliphatic heterocycles. The van der Waals surface area contributed by atoms with Crippen LogP contribution in [0.4, 0.5) is 5.69 Å². The highest BCUT2D eigenvalue weighted by Crippen LogP contribution is 2.23. The van der Waals surface area contributed by atoms with Crippen molar-refractivity contribution in [2.45, 2.75) is 13.5 Å². The van der Waals surface area contributed by atoms with E-state index in [9.17, 15) is 0 Å². The zero-order valence-corrected chi connectivity index (χ0v) is 13.2. The Hall–Kier alpha value is -2.14. The summed E-state index contributed by atoms with van der Waals surface area (Å²) in [5.74, 6) is 0. The summed E-state index contributed by atoms with van der Waals surface area (Å²) in [5.41, 5.74) is 5.45. The van der Waals surface area contributed by atoms with Crippen LogP contribution in [0.3, 0.4) is 0 Å². The number of pyridine rings is 1. The second-order valence-electron chi connectivity index (χ2n) is 4.88. The third-order valence-electron chi connectivity index (χ3n) is 3.19. The zero-order valence-electron chi connectivity index (χ0n) is 11.6. The standard InChI is InChI=1S/C16H15BrN4/c1-11-5-14(17)7-15(6-11)19-9-13-10-20-21-16(13)12-3-2-4-18-8-12/h2-8,10,19H,9H2,1H3,(H,20,21). The molecule has 0 saturated heterocycles. The molecule has 3 aromatic rings. The molecule has 0 aliphatic carbocycles. The average molecular weight is 343 g/mol. The normalized spacial score (nSPS) is 10.6. The van der Waals surface area contributed by atoms with Crippen LogP contribution >= 0.6 is 15.9 Å². The lowest BCUT2D eigenvalue weighted by molar-refractivity contribution is 1.09. The lowest BCUT2D eigenvalue weighted by Crippen LogP contribution is -2.00. The number of hydrogen-bond donors (Lipinski definition) is 2. The molecule has 4 nitrogen and oxygen atoms in total. The number of aromatic amines is 1. The smallest absolute Gasteiger partial charge is 0.0715 e. The van der Waals surface area contributed by atoms with Crippen molar-refractivity contribution in [3.63, 3.8) is 0 Å². The second kappa shape index (κ2) is 6.10. The fourth-order valence-electron chi connectivity index (χ4n) is 2.24. The van der Waals surface area contributed by atoms with Gasteiger partial charge in [-0.25, -0.2) is 0 Å². The van der Waals surface area contributed by atoms with Crippen molar-refractivity contribution >= 4 is 21.6 Å². The Morgan fingerprint density at radius 1 is 1.24 bits per heavy atom. The summed E-state index contributed by atoms with van der Waals surface area (Å²) in [5, 5.41) is 10.6. The molecule has 106 valence electrons. The second-order valence-corrected chi connectivity index (χ2v) is 5.80. The molecule has 0 bridgehead atoms. The number of anilines is 1. The molecule has 0 spiro atoms. The quantitative estimate of drug-likeness (QED) is 0.748. The number of hydrogen-bond acceptors (Lipinski definition) is 3. The van der Waals surface area contributed by atoms with E-state index in [1.54, 1.807) is 6.20 Å². The minimum Gasteiger partial charge on any atom is -0.381 e.